The van der Waals surface area contributed by atoms with Crippen LogP contribution in [-0.2, 0) is 9.84 Å². The van der Waals surface area contributed by atoms with Crippen molar-refractivity contribution in [2.75, 3.05) is 24.2 Å². The molecule has 0 saturated carbocycles. The van der Waals surface area contributed by atoms with Gasteiger partial charge >= 0.3 is 11.9 Å². The molecular weight excluding hydrogens is 353 g/mol. The number of piperidine rings is 1. The first kappa shape index (κ1) is 18.5. The van der Waals surface area contributed by atoms with Crippen molar-refractivity contribution in [2.45, 2.75) is 29.5 Å². The lowest BCUT2D eigenvalue weighted by molar-refractivity contribution is -0.387. The third-order valence-electron chi connectivity index (χ3n) is 4.02. The second kappa shape index (κ2) is 5.88. The lowest BCUT2D eigenvalue weighted by Gasteiger charge is -2.39. The van der Waals surface area contributed by atoms with Crippen LogP contribution in [0.4, 0.5) is 24.5 Å². The largest absolute Gasteiger partial charge is 0.417 e. The summed E-state index contributed by atoms with van der Waals surface area (Å²) in [5.41, 5.74) is -3.59. The fourth-order valence-corrected chi connectivity index (χ4v) is 3.51. The Hall–Kier alpha value is -1.88. The number of sulfone groups is 1. The third kappa shape index (κ3) is 3.31. The van der Waals surface area contributed by atoms with Gasteiger partial charge in [0, 0.05) is 32.2 Å². The van der Waals surface area contributed by atoms with E-state index >= 15 is 0 Å². The van der Waals surface area contributed by atoms with E-state index in [9.17, 15) is 36.8 Å². The summed E-state index contributed by atoms with van der Waals surface area (Å²) in [5.74, 6) is 0. The van der Waals surface area contributed by atoms with Gasteiger partial charge in [-0.3, -0.25) is 10.1 Å². The first-order valence-electron chi connectivity index (χ1n) is 6.88. The minimum absolute atomic E-state index is 0.0767. The zero-order valence-corrected chi connectivity index (χ0v) is 13.4. The monoisotopic (exact) mass is 368 g/mol. The summed E-state index contributed by atoms with van der Waals surface area (Å²) in [7, 11) is -3.88. The number of nitro groups is 1. The van der Waals surface area contributed by atoms with Crippen molar-refractivity contribution in [3.8, 4) is 0 Å². The molecule has 0 aromatic heterocycles. The number of halogens is 3. The summed E-state index contributed by atoms with van der Waals surface area (Å²) in [6.45, 7) is -0.575. The lowest BCUT2D eigenvalue weighted by atomic mass is 9.90. The maximum atomic E-state index is 12.8. The van der Waals surface area contributed by atoms with Crippen LogP contribution < -0.4 is 4.90 Å². The average molecular weight is 368 g/mol. The van der Waals surface area contributed by atoms with E-state index in [0.29, 0.717) is 0 Å². The molecule has 1 fully saturated rings. The van der Waals surface area contributed by atoms with Crippen molar-refractivity contribution in [1.29, 1.82) is 0 Å². The van der Waals surface area contributed by atoms with Crippen LogP contribution in [0.1, 0.15) is 12.8 Å². The molecular formula is C13H15F3N2O5S. The van der Waals surface area contributed by atoms with Gasteiger partial charge in [0.15, 0.2) is 15.4 Å². The highest BCUT2D eigenvalue weighted by Crippen LogP contribution is 2.41. The zero-order chi connectivity index (χ0) is 18.3. The summed E-state index contributed by atoms with van der Waals surface area (Å²) >= 11 is 0. The van der Waals surface area contributed by atoms with E-state index in [1.54, 1.807) is 0 Å². The number of nitrogens with zero attached hydrogens (tertiary/aromatic N) is 2. The van der Waals surface area contributed by atoms with E-state index < -0.39 is 50.0 Å². The Bertz CT molecular complexity index is 755. The maximum Gasteiger partial charge on any atom is 0.417 e. The lowest BCUT2D eigenvalue weighted by Crippen LogP contribution is -2.53. The van der Waals surface area contributed by atoms with Crippen molar-refractivity contribution in [3.05, 3.63) is 28.3 Å². The van der Waals surface area contributed by atoms with Crippen molar-refractivity contribution < 1.29 is 31.6 Å². The van der Waals surface area contributed by atoms with Gasteiger partial charge in [-0.05, 0) is 12.1 Å². The van der Waals surface area contributed by atoms with Gasteiger partial charge in [-0.25, -0.2) is 8.42 Å². The van der Waals surface area contributed by atoms with Crippen LogP contribution in [0.15, 0.2) is 23.1 Å². The van der Waals surface area contributed by atoms with E-state index in [2.05, 4.69) is 0 Å². The van der Waals surface area contributed by atoms with E-state index in [-0.39, 0.29) is 18.8 Å². The molecule has 1 N–H and O–H groups in total. The van der Waals surface area contributed by atoms with Crippen LogP contribution in [-0.4, -0.2) is 49.6 Å². The molecule has 1 saturated heterocycles. The highest BCUT2D eigenvalue weighted by Gasteiger charge is 2.54. The number of nitro benzene ring substituents is 1. The second-order valence-electron chi connectivity index (χ2n) is 5.67. The molecule has 0 atom stereocenters. The van der Waals surface area contributed by atoms with Gasteiger partial charge in [-0.1, -0.05) is 6.07 Å². The van der Waals surface area contributed by atoms with Gasteiger partial charge in [-0.2, -0.15) is 13.2 Å². The first-order valence-corrected chi connectivity index (χ1v) is 8.77. The van der Waals surface area contributed by atoms with Gasteiger partial charge in [0.25, 0.3) is 0 Å². The zero-order valence-electron chi connectivity index (χ0n) is 12.6. The molecule has 0 aliphatic carbocycles. The number of alkyl halides is 3. The fraction of sp³-hybridized carbons (Fsp3) is 0.538. The van der Waals surface area contributed by atoms with Crippen LogP contribution in [0.2, 0.25) is 0 Å². The minimum Gasteiger partial charge on any atom is -0.380 e. The Morgan fingerprint density at radius 1 is 1.29 bits per heavy atom. The summed E-state index contributed by atoms with van der Waals surface area (Å²) in [6, 6.07) is 3.65. The van der Waals surface area contributed by atoms with Crippen LogP contribution in [0.5, 0.6) is 0 Å². The number of para-hydroxylation sites is 1. The Balaban J connectivity index is 2.40. The molecule has 11 heteroatoms. The molecule has 1 aliphatic rings. The Morgan fingerprint density at radius 2 is 1.83 bits per heavy atom. The minimum atomic E-state index is -4.79. The Labute approximate surface area is 135 Å². The van der Waals surface area contributed by atoms with E-state index in [1.165, 1.54) is 17.0 Å². The highest BCUT2D eigenvalue weighted by molar-refractivity contribution is 7.90. The van der Waals surface area contributed by atoms with Crippen molar-refractivity contribution in [2.24, 2.45) is 0 Å². The molecule has 0 bridgehead atoms. The Kier molecular flexibility index (Phi) is 4.53. The number of hydrogen-bond acceptors (Lipinski definition) is 6. The predicted molar refractivity (Wildman–Crippen MR) is 78.7 cm³/mol. The number of anilines is 1. The van der Waals surface area contributed by atoms with Crippen molar-refractivity contribution >= 4 is 21.2 Å². The second-order valence-corrected chi connectivity index (χ2v) is 7.65. The van der Waals surface area contributed by atoms with E-state index in [4.69, 9.17) is 0 Å². The fourth-order valence-electron chi connectivity index (χ4n) is 2.65. The van der Waals surface area contributed by atoms with Gasteiger partial charge in [0.1, 0.15) is 10.6 Å². The average Bonchev–Trinajstić information content (AvgIpc) is 2.45. The van der Waals surface area contributed by atoms with Crippen molar-refractivity contribution in [1.82, 2.24) is 0 Å². The first-order chi connectivity index (χ1) is 10.9. The molecule has 134 valence electrons. The van der Waals surface area contributed by atoms with Crippen LogP contribution in [0, 0.1) is 10.1 Å². The molecule has 1 heterocycles. The quantitative estimate of drug-likeness (QED) is 0.646. The highest BCUT2D eigenvalue weighted by atomic mass is 32.2. The predicted octanol–water partition coefficient (Wildman–Crippen LogP) is 1.89. The smallest absolute Gasteiger partial charge is 0.380 e. The van der Waals surface area contributed by atoms with Crippen LogP contribution >= 0.6 is 0 Å². The summed E-state index contributed by atoms with van der Waals surface area (Å²) in [5, 5.41) is 21.0. The normalized spacial score (nSPS) is 18.5. The summed E-state index contributed by atoms with van der Waals surface area (Å²) in [4.78, 5) is 11.2. The van der Waals surface area contributed by atoms with Crippen LogP contribution in [0.3, 0.4) is 0 Å². The third-order valence-corrected chi connectivity index (χ3v) is 5.15. The topological polar surface area (TPSA) is 101 Å². The molecule has 0 amide bonds. The molecule has 24 heavy (non-hydrogen) atoms. The molecule has 1 aromatic rings. The summed E-state index contributed by atoms with van der Waals surface area (Å²) < 4.78 is 61.9. The molecule has 1 aromatic carbocycles. The van der Waals surface area contributed by atoms with Crippen LogP contribution in [0.25, 0.3) is 0 Å². The number of hydrogen-bond donors (Lipinski definition) is 1. The van der Waals surface area contributed by atoms with Gasteiger partial charge < -0.3 is 10.0 Å². The number of rotatable bonds is 3. The van der Waals surface area contributed by atoms with Crippen molar-refractivity contribution in [3.63, 3.8) is 0 Å². The van der Waals surface area contributed by atoms with E-state index in [0.717, 1.165) is 12.3 Å². The molecule has 0 radical (unpaired) electrons. The molecule has 0 spiro atoms. The SMILES string of the molecule is CS(=O)(=O)c1cccc(N2CCC(O)(C(F)(F)F)CC2)c1[N+](=O)[O-]. The van der Waals surface area contributed by atoms with Gasteiger partial charge in [0.2, 0.25) is 0 Å². The standard InChI is InChI=1S/C13H15F3N2O5S/c1-24(22,23)10-4-2-3-9(11(10)18(20)21)17-7-5-12(19,6-8-17)13(14,15)16/h2-4,19H,5-8H2,1H3. The molecule has 0 unspecified atom stereocenters. The van der Waals surface area contributed by atoms with Gasteiger partial charge in [-0.15, -0.1) is 0 Å². The maximum absolute atomic E-state index is 12.8. The molecule has 7 nitrogen and oxygen atoms in total. The molecule has 1 aliphatic heterocycles. The number of benzene rings is 1. The Morgan fingerprint density at radius 3 is 2.25 bits per heavy atom. The number of aliphatic hydroxyl groups is 1. The summed E-state index contributed by atoms with van der Waals surface area (Å²) in [6.07, 6.45) is -5.29. The molecule has 2 rings (SSSR count). The van der Waals surface area contributed by atoms with Gasteiger partial charge in [0.05, 0.1) is 4.92 Å². The van der Waals surface area contributed by atoms with E-state index in [1.807, 2.05) is 0 Å².